The van der Waals surface area contributed by atoms with Crippen LogP contribution in [0.25, 0.3) is 0 Å². The number of unbranched alkanes of at least 4 members (excludes halogenated alkanes) is 1. The van der Waals surface area contributed by atoms with Crippen LogP contribution in [0, 0.1) is 0 Å². The summed E-state index contributed by atoms with van der Waals surface area (Å²) in [6, 6.07) is -0.856. The first-order valence-corrected chi connectivity index (χ1v) is 5.31. The van der Waals surface area contributed by atoms with E-state index in [-0.39, 0.29) is 18.6 Å². The minimum absolute atomic E-state index is 0.139. The predicted molar refractivity (Wildman–Crippen MR) is 58.4 cm³/mol. The van der Waals surface area contributed by atoms with Crippen LogP contribution in [0.3, 0.4) is 0 Å². The molecule has 0 aliphatic heterocycles. The summed E-state index contributed by atoms with van der Waals surface area (Å²) >= 11 is 0. The van der Waals surface area contributed by atoms with Gasteiger partial charge in [0, 0.05) is 7.11 Å². The topological polar surface area (TPSA) is 84.6 Å². The Hall–Kier alpha value is -0.650. The smallest absolute Gasteiger partial charge is 0.237 e. The molecule has 0 rings (SSSR count). The fraction of sp³-hybridized carbons (Fsp3) is 0.900. The number of aliphatic hydroxyl groups excluding tert-OH is 1. The molecule has 0 aromatic rings. The molecule has 0 saturated heterocycles. The third kappa shape index (κ3) is 6.43. The third-order valence-corrected chi connectivity index (χ3v) is 2.14. The second-order valence-corrected chi connectivity index (χ2v) is 3.59. The zero-order valence-electron chi connectivity index (χ0n) is 9.53. The van der Waals surface area contributed by atoms with Crippen molar-refractivity contribution in [3.63, 3.8) is 0 Å². The fourth-order valence-electron chi connectivity index (χ4n) is 1.20. The largest absolute Gasteiger partial charge is 0.394 e. The average Bonchev–Trinajstić information content (AvgIpc) is 2.24. The summed E-state index contributed by atoms with van der Waals surface area (Å²) in [6.07, 6.45) is 2.62. The number of nitrogens with one attached hydrogen (secondary N) is 1. The van der Waals surface area contributed by atoms with Crippen LogP contribution in [-0.2, 0) is 9.53 Å². The Morgan fingerprint density at radius 2 is 2.27 bits per heavy atom. The molecule has 0 saturated carbocycles. The van der Waals surface area contributed by atoms with Crippen LogP contribution >= 0.6 is 0 Å². The van der Waals surface area contributed by atoms with Crippen molar-refractivity contribution >= 4 is 5.91 Å². The highest BCUT2D eigenvalue weighted by Gasteiger charge is 2.16. The maximum atomic E-state index is 11.5. The molecule has 2 unspecified atom stereocenters. The van der Waals surface area contributed by atoms with Crippen LogP contribution in [0.4, 0.5) is 0 Å². The second-order valence-electron chi connectivity index (χ2n) is 3.59. The van der Waals surface area contributed by atoms with Gasteiger partial charge < -0.3 is 20.9 Å². The first-order valence-electron chi connectivity index (χ1n) is 5.31. The summed E-state index contributed by atoms with van der Waals surface area (Å²) in [7, 11) is 1.52. The van der Waals surface area contributed by atoms with Crippen LogP contribution < -0.4 is 11.1 Å². The normalized spacial score (nSPS) is 14.7. The first kappa shape index (κ1) is 14.3. The molecule has 2 atom stereocenters. The number of methoxy groups -OCH3 is 1. The van der Waals surface area contributed by atoms with E-state index in [4.69, 9.17) is 15.6 Å². The lowest BCUT2D eigenvalue weighted by Gasteiger charge is -2.18. The Bertz CT molecular complexity index is 176. The van der Waals surface area contributed by atoms with E-state index >= 15 is 0 Å². The number of nitrogens with two attached hydrogens (primary N) is 1. The van der Waals surface area contributed by atoms with E-state index in [1.54, 1.807) is 0 Å². The molecule has 0 aromatic heterocycles. The van der Waals surface area contributed by atoms with Crippen LogP contribution in [-0.4, -0.2) is 43.4 Å². The van der Waals surface area contributed by atoms with Crippen molar-refractivity contribution in [2.24, 2.45) is 5.73 Å². The third-order valence-electron chi connectivity index (χ3n) is 2.14. The molecule has 0 heterocycles. The minimum atomic E-state index is -0.490. The standard InChI is InChI=1S/C10H22N2O3/c1-3-4-5-9(11)10(14)12-8(6-13)7-15-2/h8-9,13H,3-7,11H2,1-2H3,(H,12,14). The molecule has 0 aliphatic rings. The van der Waals surface area contributed by atoms with E-state index in [0.717, 1.165) is 12.8 Å². The number of carbonyl (C=O) groups is 1. The Kier molecular flexibility index (Phi) is 8.27. The number of aliphatic hydroxyl groups is 1. The minimum Gasteiger partial charge on any atom is -0.394 e. The van der Waals surface area contributed by atoms with Gasteiger partial charge in [0.2, 0.25) is 5.91 Å². The van der Waals surface area contributed by atoms with Crippen molar-refractivity contribution in [2.75, 3.05) is 20.3 Å². The molecular weight excluding hydrogens is 196 g/mol. The molecule has 90 valence electrons. The fourth-order valence-corrected chi connectivity index (χ4v) is 1.20. The number of hydrogen-bond donors (Lipinski definition) is 3. The highest BCUT2D eigenvalue weighted by Crippen LogP contribution is 1.98. The zero-order valence-corrected chi connectivity index (χ0v) is 9.53. The van der Waals surface area contributed by atoms with Gasteiger partial charge in [0.25, 0.3) is 0 Å². The zero-order chi connectivity index (χ0) is 11.7. The lowest BCUT2D eigenvalue weighted by atomic mass is 10.1. The lowest BCUT2D eigenvalue weighted by Crippen LogP contribution is -2.48. The quantitative estimate of drug-likeness (QED) is 0.519. The SMILES string of the molecule is CCCCC(N)C(=O)NC(CO)COC. The van der Waals surface area contributed by atoms with E-state index in [2.05, 4.69) is 5.32 Å². The van der Waals surface area contributed by atoms with Gasteiger partial charge in [-0.1, -0.05) is 19.8 Å². The van der Waals surface area contributed by atoms with Crippen LogP contribution in [0.5, 0.6) is 0 Å². The summed E-state index contributed by atoms with van der Waals surface area (Å²) in [5.74, 6) is -0.223. The Morgan fingerprint density at radius 1 is 1.60 bits per heavy atom. The molecular formula is C10H22N2O3. The van der Waals surface area contributed by atoms with Gasteiger partial charge in [0.15, 0.2) is 0 Å². The molecule has 1 amide bonds. The maximum Gasteiger partial charge on any atom is 0.237 e. The van der Waals surface area contributed by atoms with E-state index in [1.807, 2.05) is 6.92 Å². The van der Waals surface area contributed by atoms with Crippen molar-refractivity contribution in [1.82, 2.24) is 5.32 Å². The summed E-state index contributed by atoms with van der Waals surface area (Å²) in [5, 5.41) is 11.6. The monoisotopic (exact) mass is 218 g/mol. The van der Waals surface area contributed by atoms with Crippen molar-refractivity contribution in [3.8, 4) is 0 Å². The van der Waals surface area contributed by atoms with Gasteiger partial charge in [-0.3, -0.25) is 4.79 Å². The Morgan fingerprint density at radius 3 is 2.73 bits per heavy atom. The van der Waals surface area contributed by atoms with E-state index in [9.17, 15) is 4.79 Å². The molecule has 4 N–H and O–H groups in total. The number of carbonyl (C=O) groups excluding carboxylic acids is 1. The van der Waals surface area contributed by atoms with Gasteiger partial charge in [0.1, 0.15) is 0 Å². The summed E-state index contributed by atoms with van der Waals surface area (Å²) in [4.78, 5) is 11.5. The van der Waals surface area contributed by atoms with Crippen molar-refractivity contribution < 1.29 is 14.6 Å². The molecule has 0 aromatic carbocycles. The number of amides is 1. The van der Waals surface area contributed by atoms with Crippen LogP contribution in [0.15, 0.2) is 0 Å². The molecule has 0 radical (unpaired) electrons. The van der Waals surface area contributed by atoms with Crippen LogP contribution in [0.1, 0.15) is 26.2 Å². The van der Waals surface area contributed by atoms with E-state index in [1.165, 1.54) is 7.11 Å². The highest BCUT2D eigenvalue weighted by molar-refractivity contribution is 5.81. The molecule has 15 heavy (non-hydrogen) atoms. The molecule has 0 aliphatic carbocycles. The molecule has 0 bridgehead atoms. The molecule has 5 heteroatoms. The number of ether oxygens (including phenoxy) is 1. The van der Waals surface area contributed by atoms with E-state index < -0.39 is 6.04 Å². The van der Waals surface area contributed by atoms with Gasteiger partial charge in [-0.15, -0.1) is 0 Å². The molecule has 0 fully saturated rings. The Labute approximate surface area is 91.0 Å². The molecule has 5 nitrogen and oxygen atoms in total. The van der Waals surface area contributed by atoms with Gasteiger partial charge in [-0.05, 0) is 6.42 Å². The van der Waals surface area contributed by atoms with Crippen molar-refractivity contribution in [1.29, 1.82) is 0 Å². The second kappa shape index (κ2) is 8.64. The van der Waals surface area contributed by atoms with Gasteiger partial charge in [-0.2, -0.15) is 0 Å². The first-order chi connectivity index (χ1) is 7.15. The molecule has 0 spiro atoms. The summed E-state index contributed by atoms with van der Waals surface area (Å²) in [6.45, 7) is 2.20. The van der Waals surface area contributed by atoms with Crippen molar-refractivity contribution in [2.45, 2.75) is 38.3 Å². The summed E-state index contributed by atoms with van der Waals surface area (Å²) in [5.41, 5.74) is 5.67. The highest BCUT2D eigenvalue weighted by atomic mass is 16.5. The van der Waals surface area contributed by atoms with Crippen LogP contribution in [0.2, 0.25) is 0 Å². The number of hydrogen-bond acceptors (Lipinski definition) is 4. The average molecular weight is 218 g/mol. The predicted octanol–water partition coefficient (Wildman–Crippen LogP) is -0.373. The number of rotatable bonds is 8. The van der Waals surface area contributed by atoms with Gasteiger partial charge in [0.05, 0.1) is 25.3 Å². The van der Waals surface area contributed by atoms with Gasteiger partial charge in [-0.25, -0.2) is 0 Å². The Balaban J connectivity index is 3.87. The lowest BCUT2D eigenvalue weighted by molar-refractivity contribution is -0.124. The van der Waals surface area contributed by atoms with Gasteiger partial charge >= 0.3 is 0 Å². The summed E-state index contributed by atoms with van der Waals surface area (Å²) < 4.78 is 4.84. The van der Waals surface area contributed by atoms with E-state index in [0.29, 0.717) is 13.0 Å². The van der Waals surface area contributed by atoms with Crippen molar-refractivity contribution in [3.05, 3.63) is 0 Å². The maximum absolute atomic E-state index is 11.5.